The van der Waals surface area contributed by atoms with Crippen LogP contribution in [0.3, 0.4) is 0 Å². The van der Waals surface area contributed by atoms with E-state index in [2.05, 4.69) is 25.2 Å². The lowest BCUT2D eigenvalue weighted by Gasteiger charge is -2.09. The van der Waals surface area contributed by atoms with Crippen LogP contribution in [0.25, 0.3) is 17.0 Å². The lowest BCUT2D eigenvalue weighted by Crippen LogP contribution is -2.13. The Bertz CT molecular complexity index is 1110. The molecule has 9 nitrogen and oxygen atoms in total. The highest BCUT2D eigenvalue weighted by Crippen LogP contribution is 2.23. The standard InChI is InChI=1S/C16H12N6O3S/c23-26(24,15-3-1-2-14(8-15)22-10-18-20-21-22)19-13-6-4-12(5-7-13)16-9-17-11-25-16/h1-11,19H. The number of anilines is 1. The van der Waals surface area contributed by atoms with Crippen LogP contribution in [0.1, 0.15) is 0 Å². The molecule has 0 bridgehead atoms. The minimum atomic E-state index is -3.76. The van der Waals surface area contributed by atoms with Gasteiger partial charge in [-0.15, -0.1) is 5.10 Å². The molecule has 0 unspecified atom stereocenters. The molecule has 0 amide bonds. The van der Waals surface area contributed by atoms with Crippen molar-refractivity contribution in [3.63, 3.8) is 0 Å². The predicted molar refractivity (Wildman–Crippen MR) is 91.9 cm³/mol. The minimum absolute atomic E-state index is 0.102. The van der Waals surface area contributed by atoms with Gasteiger partial charge in [0.1, 0.15) is 6.33 Å². The maximum atomic E-state index is 12.6. The summed E-state index contributed by atoms with van der Waals surface area (Å²) in [6, 6.07) is 13.1. The average Bonchev–Trinajstić information content (AvgIpc) is 3.36. The quantitative estimate of drug-likeness (QED) is 0.573. The first-order chi connectivity index (χ1) is 12.6. The summed E-state index contributed by atoms with van der Waals surface area (Å²) >= 11 is 0. The summed E-state index contributed by atoms with van der Waals surface area (Å²) in [5, 5.41) is 10.8. The van der Waals surface area contributed by atoms with Crippen molar-refractivity contribution in [1.29, 1.82) is 0 Å². The number of oxazole rings is 1. The summed E-state index contributed by atoms with van der Waals surface area (Å²) in [5.41, 5.74) is 1.77. The average molecular weight is 368 g/mol. The maximum Gasteiger partial charge on any atom is 0.261 e. The van der Waals surface area contributed by atoms with Gasteiger partial charge in [-0.2, -0.15) is 0 Å². The number of hydrogen-bond acceptors (Lipinski definition) is 7. The first-order valence-electron chi connectivity index (χ1n) is 7.47. The molecule has 2 aromatic carbocycles. The van der Waals surface area contributed by atoms with Crippen molar-refractivity contribution in [2.24, 2.45) is 0 Å². The molecule has 2 heterocycles. The maximum absolute atomic E-state index is 12.6. The Morgan fingerprint density at radius 3 is 2.62 bits per heavy atom. The van der Waals surface area contributed by atoms with Gasteiger partial charge in [-0.05, 0) is 52.9 Å². The van der Waals surface area contributed by atoms with Crippen molar-refractivity contribution in [2.75, 3.05) is 4.72 Å². The fourth-order valence-electron chi connectivity index (χ4n) is 2.35. The third-order valence-electron chi connectivity index (χ3n) is 3.60. The van der Waals surface area contributed by atoms with E-state index < -0.39 is 10.0 Å². The molecule has 0 atom stereocenters. The second-order valence-electron chi connectivity index (χ2n) is 5.30. The van der Waals surface area contributed by atoms with Crippen LogP contribution >= 0.6 is 0 Å². The molecule has 4 rings (SSSR count). The van der Waals surface area contributed by atoms with E-state index in [4.69, 9.17) is 4.42 Å². The van der Waals surface area contributed by atoms with Gasteiger partial charge in [0.05, 0.1) is 16.8 Å². The molecule has 2 aromatic heterocycles. The zero-order valence-electron chi connectivity index (χ0n) is 13.2. The van der Waals surface area contributed by atoms with Gasteiger partial charge in [0.25, 0.3) is 10.0 Å². The van der Waals surface area contributed by atoms with Crippen LogP contribution in [-0.2, 0) is 10.0 Å². The molecule has 0 aliphatic rings. The molecule has 26 heavy (non-hydrogen) atoms. The van der Waals surface area contributed by atoms with Crippen molar-refractivity contribution in [3.05, 3.63) is 67.4 Å². The molecule has 0 aliphatic heterocycles. The van der Waals surface area contributed by atoms with Crippen LogP contribution in [0.5, 0.6) is 0 Å². The van der Waals surface area contributed by atoms with E-state index in [9.17, 15) is 8.42 Å². The summed E-state index contributed by atoms with van der Waals surface area (Å²) in [5.74, 6) is 0.605. The Kier molecular flexibility index (Phi) is 3.93. The van der Waals surface area contributed by atoms with Gasteiger partial charge in [0.2, 0.25) is 0 Å². The van der Waals surface area contributed by atoms with Gasteiger partial charge < -0.3 is 4.42 Å². The number of tetrazole rings is 1. The zero-order chi connectivity index (χ0) is 18.0. The molecule has 4 aromatic rings. The highest BCUT2D eigenvalue weighted by molar-refractivity contribution is 7.92. The number of rotatable bonds is 5. The first kappa shape index (κ1) is 16.0. The predicted octanol–water partition coefficient (Wildman–Crippen LogP) is 2.12. The minimum Gasteiger partial charge on any atom is -0.444 e. The Labute approximate surface area is 148 Å². The van der Waals surface area contributed by atoms with Gasteiger partial charge in [0, 0.05) is 11.3 Å². The first-order valence-corrected chi connectivity index (χ1v) is 8.95. The fourth-order valence-corrected chi connectivity index (χ4v) is 3.45. The molecule has 0 aliphatic carbocycles. The van der Waals surface area contributed by atoms with Crippen molar-refractivity contribution >= 4 is 15.7 Å². The highest BCUT2D eigenvalue weighted by Gasteiger charge is 2.15. The number of aromatic nitrogens is 5. The fraction of sp³-hybridized carbons (Fsp3) is 0. The summed E-state index contributed by atoms with van der Waals surface area (Å²) in [6.07, 6.45) is 4.31. The topological polar surface area (TPSA) is 116 Å². The van der Waals surface area contributed by atoms with E-state index in [0.717, 1.165) is 5.56 Å². The SMILES string of the molecule is O=S(=O)(Nc1ccc(-c2cnco2)cc1)c1cccc(-n2cnnn2)c1. The lowest BCUT2D eigenvalue weighted by atomic mass is 10.2. The number of hydrogen-bond donors (Lipinski definition) is 1. The van der Waals surface area contributed by atoms with E-state index in [-0.39, 0.29) is 4.90 Å². The molecule has 10 heteroatoms. The summed E-state index contributed by atoms with van der Waals surface area (Å²) < 4.78 is 34.4. The molecular formula is C16H12N6O3S. The van der Waals surface area contributed by atoms with Crippen molar-refractivity contribution in [2.45, 2.75) is 4.90 Å². The smallest absolute Gasteiger partial charge is 0.261 e. The summed E-state index contributed by atoms with van der Waals surface area (Å²) in [7, 11) is -3.76. The Morgan fingerprint density at radius 2 is 1.92 bits per heavy atom. The highest BCUT2D eigenvalue weighted by atomic mass is 32.2. The summed E-state index contributed by atoms with van der Waals surface area (Å²) in [6.45, 7) is 0. The van der Waals surface area contributed by atoms with Gasteiger partial charge in [-0.25, -0.2) is 18.1 Å². The van der Waals surface area contributed by atoms with Crippen LogP contribution in [0.4, 0.5) is 5.69 Å². The van der Waals surface area contributed by atoms with Crippen LogP contribution < -0.4 is 4.72 Å². The molecule has 0 spiro atoms. The van der Waals surface area contributed by atoms with Crippen LogP contribution in [0, 0.1) is 0 Å². The Hall–Kier alpha value is -3.53. The second-order valence-corrected chi connectivity index (χ2v) is 6.98. The van der Waals surface area contributed by atoms with Crippen molar-refractivity contribution in [1.82, 2.24) is 25.2 Å². The zero-order valence-corrected chi connectivity index (χ0v) is 14.0. The normalized spacial score (nSPS) is 11.4. The van der Waals surface area contributed by atoms with E-state index in [1.807, 2.05) is 0 Å². The van der Waals surface area contributed by atoms with Crippen molar-refractivity contribution in [3.8, 4) is 17.0 Å². The lowest BCUT2D eigenvalue weighted by molar-refractivity contribution is 0.572. The molecule has 130 valence electrons. The van der Waals surface area contributed by atoms with Crippen LogP contribution in [0.2, 0.25) is 0 Å². The molecule has 0 saturated heterocycles. The van der Waals surface area contributed by atoms with Crippen molar-refractivity contribution < 1.29 is 12.8 Å². The van der Waals surface area contributed by atoms with E-state index in [1.165, 1.54) is 29.5 Å². The second kappa shape index (κ2) is 6.41. The van der Waals surface area contributed by atoms with Gasteiger partial charge >= 0.3 is 0 Å². The monoisotopic (exact) mass is 368 g/mol. The largest absolute Gasteiger partial charge is 0.444 e. The van der Waals surface area contributed by atoms with Crippen LogP contribution in [-0.4, -0.2) is 33.6 Å². The van der Waals surface area contributed by atoms with Gasteiger partial charge in [-0.1, -0.05) is 6.07 Å². The number of benzene rings is 2. The molecule has 1 N–H and O–H groups in total. The molecular weight excluding hydrogens is 356 g/mol. The molecule has 0 saturated carbocycles. The van der Waals surface area contributed by atoms with E-state index >= 15 is 0 Å². The van der Waals surface area contributed by atoms with Gasteiger partial charge in [-0.3, -0.25) is 4.72 Å². The third kappa shape index (κ3) is 3.17. The number of nitrogens with zero attached hydrogens (tertiary/aromatic N) is 5. The van der Waals surface area contributed by atoms with E-state index in [1.54, 1.807) is 42.6 Å². The third-order valence-corrected chi connectivity index (χ3v) is 4.97. The Balaban J connectivity index is 1.58. The van der Waals surface area contributed by atoms with E-state index in [0.29, 0.717) is 17.1 Å². The Morgan fingerprint density at radius 1 is 1.08 bits per heavy atom. The summed E-state index contributed by atoms with van der Waals surface area (Å²) in [4.78, 5) is 3.96. The molecule has 0 radical (unpaired) electrons. The van der Waals surface area contributed by atoms with Gasteiger partial charge in [0.15, 0.2) is 12.2 Å². The van der Waals surface area contributed by atoms with Crippen LogP contribution in [0.15, 0.2) is 76.8 Å². The number of nitrogens with one attached hydrogen (secondary N) is 1. The number of sulfonamides is 1. The molecule has 0 fully saturated rings.